The summed E-state index contributed by atoms with van der Waals surface area (Å²) in [5.74, 6) is -0.184. The van der Waals surface area contributed by atoms with Crippen molar-refractivity contribution in [2.24, 2.45) is 5.73 Å². The Balaban J connectivity index is 2.50. The zero-order chi connectivity index (χ0) is 13.2. The molecule has 2 rings (SSSR count). The highest BCUT2D eigenvalue weighted by molar-refractivity contribution is 7.93. The molecule has 18 heavy (non-hydrogen) atoms. The van der Waals surface area contributed by atoms with Crippen LogP contribution in [0.2, 0.25) is 0 Å². The molecular weight excluding hydrogens is 250 g/mol. The van der Waals surface area contributed by atoms with Gasteiger partial charge in [0.05, 0.1) is 4.75 Å². The third-order valence-corrected chi connectivity index (χ3v) is 6.50. The summed E-state index contributed by atoms with van der Waals surface area (Å²) >= 11 is 0. The molecular formula is C13H19NO3S. The van der Waals surface area contributed by atoms with Crippen LogP contribution in [-0.4, -0.2) is 24.8 Å². The zero-order valence-electron chi connectivity index (χ0n) is 10.3. The van der Waals surface area contributed by atoms with Crippen molar-refractivity contribution in [1.82, 2.24) is 0 Å². The third kappa shape index (κ3) is 2.01. The van der Waals surface area contributed by atoms with E-state index in [0.29, 0.717) is 12.8 Å². The lowest BCUT2D eigenvalue weighted by Crippen LogP contribution is -2.47. The monoisotopic (exact) mass is 269 g/mol. The number of para-hydroxylation sites is 1. The standard InChI is InChI=1S/C13H19NO3S/c14-10-13(8-4-1-5-9-13)18(16,17)12-7-3-2-6-11(12)15/h2-3,6-7,15H,1,4-5,8-10,14H2. The second-order valence-electron chi connectivity index (χ2n) is 4.92. The van der Waals surface area contributed by atoms with Crippen molar-refractivity contribution in [2.75, 3.05) is 6.54 Å². The van der Waals surface area contributed by atoms with Gasteiger partial charge in [-0.1, -0.05) is 31.4 Å². The van der Waals surface area contributed by atoms with Gasteiger partial charge in [0.1, 0.15) is 10.6 Å². The second kappa shape index (κ2) is 4.90. The fourth-order valence-electron chi connectivity index (χ4n) is 2.70. The molecule has 1 aromatic rings. The molecule has 0 atom stereocenters. The molecule has 0 bridgehead atoms. The predicted octanol–water partition coefficient (Wildman–Crippen LogP) is 1.83. The normalized spacial score (nSPS) is 19.6. The fourth-order valence-corrected chi connectivity index (χ4v) is 4.81. The van der Waals surface area contributed by atoms with Crippen LogP contribution in [0.25, 0.3) is 0 Å². The van der Waals surface area contributed by atoms with Crippen molar-refractivity contribution in [2.45, 2.75) is 41.7 Å². The Hall–Kier alpha value is -1.07. The largest absolute Gasteiger partial charge is 0.507 e. The summed E-state index contributed by atoms with van der Waals surface area (Å²) in [7, 11) is -3.58. The van der Waals surface area contributed by atoms with Crippen molar-refractivity contribution in [3.05, 3.63) is 24.3 Å². The molecule has 1 aliphatic rings. The van der Waals surface area contributed by atoms with Gasteiger partial charge >= 0.3 is 0 Å². The summed E-state index contributed by atoms with van der Waals surface area (Å²) in [5.41, 5.74) is 5.75. The molecule has 1 saturated carbocycles. The lowest BCUT2D eigenvalue weighted by atomic mass is 9.88. The molecule has 0 aliphatic heterocycles. The number of nitrogens with two attached hydrogens (primary N) is 1. The quantitative estimate of drug-likeness (QED) is 0.877. The highest BCUT2D eigenvalue weighted by atomic mass is 32.2. The van der Waals surface area contributed by atoms with Gasteiger partial charge in [-0.15, -0.1) is 0 Å². The molecule has 0 spiro atoms. The van der Waals surface area contributed by atoms with Gasteiger partial charge < -0.3 is 10.8 Å². The van der Waals surface area contributed by atoms with Gasteiger partial charge in [0.25, 0.3) is 0 Å². The fraction of sp³-hybridized carbons (Fsp3) is 0.538. The molecule has 100 valence electrons. The van der Waals surface area contributed by atoms with Crippen LogP contribution in [0, 0.1) is 0 Å². The van der Waals surface area contributed by atoms with E-state index in [4.69, 9.17) is 5.73 Å². The Morgan fingerprint density at radius 1 is 1.17 bits per heavy atom. The maximum Gasteiger partial charge on any atom is 0.188 e. The SMILES string of the molecule is NCC1(S(=O)(=O)c2ccccc2O)CCCCC1. The highest BCUT2D eigenvalue weighted by Gasteiger charge is 2.45. The average molecular weight is 269 g/mol. The van der Waals surface area contributed by atoms with Crippen LogP contribution in [0.4, 0.5) is 0 Å². The molecule has 0 unspecified atom stereocenters. The molecule has 1 aliphatic carbocycles. The number of sulfone groups is 1. The van der Waals surface area contributed by atoms with Crippen molar-refractivity contribution in [3.8, 4) is 5.75 Å². The molecule has 4 nitrogen and oxygen atoms in total. The first kappa shape index (κ1) is 13.4. The summed E-state index contributed by atoms with van der Waals surface area (Å²) in [5, 5.41) is 9.77. The Morgan fingerprint density at radius 3 is 2.33 bits per heavy atom. The van der Waals surface area contributed by atoms with Crippen LogP contribution in [-0.2, 0) is 9.84 Å². The minimum atomic E-state index is -3.58. The molecule has 1 fully saturated rings. The van der Waals surface area contributed by atoms with Gasteiger partial charge in [-0.2, -0.15) is 0 Å². The van der Waals surface area contributed by atoms with Crippen molar-refractivity contribution in [3.63, 3.8) is 0 Å². The van der Waals surface area contributed by atoms with E-state index in [0.717, 1.165) is 19.3 Å². The average Bonchev–Trinajstić information content (AvgIpc) is 2.39. The number of hydrogen-bond acceptors (Lipinski definition) is 4. The van der Waals surface area contributed by atoms with E-state index in [9.17, 15) is 13.5 Å². The molecule has 0 heterocycles. The first-order valence-electron chi connectivity index (χ1n) is 6.26. The number of phenolic OH excluding ortho intramolecular Hbond substituents is 1. The number of phenols is 1. The van der Waals surface area contributed by atoms with E-state index in [1.54, 1.807) is 12.1 Å². The smallest absolute Gasteiger partial charge is 0.188 e. The number of benzene rings is 1. The Bertz CT molecular complexity index is 519. The van der Waals surface area contributed by atoms with Gasteiger partial charge in [-0.25, -0.2) is 8.42 Å². The third-order valence-electron chi connectivity index (χ3n) is 3.86. The Kier molecular flexibility index (Phi) is 3.64. The van der Waals surface area contributed by atoms with Crippen molar-refractivity contribution < 1.29 is 13.5 Å². The molecule has 0 amide bonds. The van der Waals surface area contributed by atoms with Crippen LogP contribution in [0.5, 0.6) is 5.75 Å². The first-order valence-corrected chi connectivity index (χ1v) is 7.74. The number of hydrogen-bond donors (Lipinski definition) is 2. The lowest BCUT2D eigenvalue weighted by molar-refractivity contribution is 0.375. The highest BCUT2D eigenvalue weighted by Crippen LogP contribution is 2.40. The van der Waals surface area contributed by atoms with Gasteiger partial charge in [0, 0.05) is 6.54 Å². The topological polar surface area (TPSA) is 80.4 Å². The molecule has 1 aromatic carbocycles. The van der Waals surface area contributed by atoms with Crippen molar-refractivity contribution >= 4 is 9.84 Å². The maximum atomic E-state index is 12.7. The zero-order valence-corrected chi connectivity index (χ0v) is 11.1. The predicted molar refractivity (Wildman–Crippen MR) is 70.2 cm³/mol. The van der Waals surface area contributed by atoms with Crippen LogP contribution >= 0.6 is 0 Å². The summed E-state index contributed by atoms with van der Waals surface area (Å²) < 4.78 is 24.5. The maximum absolute atomic E-state index is 12.7. The van der Waals surface area contributed by atoms with E-state index in [1.807, 2.05) is 0 Å². The lowest BCUT2D eigenvalue weighted by Gasteiger charge is -2.35. The number of aromatic hydroxyl groups is 1. The minimum Gasteiger partial charge on any atom is -0.507 e. The van der Waals surface area contributed by atoms with Crippen LogP contribution in [0.3, 0.4) is 0 Å². The summed E-state index contributed by atoms with van der Waals surface area (Å²) in [4.78, 5) is 0.0114. The summed E-state index contributed by atoms with van der Waals surface area (Å²) in [6.45, 7) is 0.115. The van der Waals surface area contributed by atoms with E-state index >= 15 is 0 Å². The number of rotatable bonds is 3. The van der Waals surface area contributed by atoms with E-state index in [2.05, 4.69) is 0 Å². The van der Waals surface area contributed by atoms with E-state index in [1.165, 1.54) is 12.1 Å². The summed E-state index contributed by atoms with van der Waals surface area (Å²) in [6.07, 6.45) is 3.98. The molecule has 3 N–H and O–H groups in total. The Labute approximate surface area is 108 Å². The van der Waals surface area contributed by atoms with Gasteiger partial charge in [0.2, 0.25) is 0 Å². The van der Waals surface area contributed by atoms with E-state index < -0.39 is 14.6 Å². The molecule has 0 saturated heterocycles. The van der Waals surface area contributed by atoms with E-state index in [-0.39, 0.29) is 17.2 Å². The van der Waals surface area contributed by atoms with Crippen LogP contribution in [0.15, 0.2) is 29.2 Å². The van der Waals surface area contributed by atoms with Crippen molar-refractivity contribution in [1.29, 1.82) is 0 Å². The van der Waals surface area contributed by atoms with Crippen LogP contribution in [0.1, 0.15) is 32.1 Å². The molecule has 5 heteroatoms. The van der Waals surface area contributed by atoms with Gasteiger partial charge in [-0.05, 0) is 25.0 Å². The first-order chi connectivity index (χ1) is 8.53. The minimum absolute atomic E-state index is 0.0114. The summed E-state index contributed by atoms with van der Waals surface area (Å²) in [6, 6.07) is 6.10. The Morgan fingerprint density at radius 2 is 1.78 bits per heavy atom. The van der Waals surface area contributed by atoms with Gasteiger partial charge in [0.15, 0.2) is 9.84 Å². The second-order valence-corrected chi connectivity index (χ2v) is 7.23. The molecule has 0 radical (unpaired) electrons. The van der Waals surface area contributed by atoms with Crippen LogP contribution < -0.4 is 5.73 Å². The van der Waals surface area contributed by atoms with Gasteiger partial charge in [-0.3, -0.25) is 0 Å². The molecule has 0 aromatic heterocycles.